The molecule has 2 atom stereocenters. The molecule has 0 saturated heterocycles. The molecule has 252 valence electrons. The van der Waals surface area contributed by atoms with Crippen LogP contribution in [0.1, 0.15) is 54.3 Å². The van der Waals surface area contributed by atoms with Gasteiger partial charge in [-0.1, -0.05) is 29.8 Å². The van der Waals surface area contributed by atoms with Gasteiger partial charge in [-0.2, -0.15) is 23.4 Å². The summed E-state index contributed by atoms with van der Waals surface area (Å²) in [6.07, 6.45) is -3.14. The van der Waals surface area contributed by atoms with Crippen LogP contribution in [-0.4, -0.2) is 66.7 Å². The fraction of sp³-hybridized carbons (Fsp3) is 0.310. The highest BCUT2D eigenvalue weighted by atomic mass is 35.5. The maximum absolute atomic E-state index is 15.4. The number of carbonyl (C=O) groups is 2. The molecule has 12 nitrogen and oxygen atoms in total. The average molecular weight is 696 g/mol. The van der Waals surface area contributed by atoms with Crippen LogP contribution in [0.5, 0.6) is 0 Å². The van der Waals surface area contributed by atoms with Crippen LogP contribution >= 0.6 is 11.6 Å². The molecule has 2 aromatic heterocycles. The quantitative estimate of drug-likeness (QED) is 0.211. The zero-order valence-corrected chi connectivity index (χ0v) is 25.2. The number of guanidine groups is 1. The first-order valence-corrected chi connectivity index (χ1v) is 14.6. The Morgan fingerprint density at radius 1 is 1.15 bits per heavy atom. The van der Waals surface area contributed by atoms with Crippen LogP contribution in [0.25, 0.3) is 16.8 Å². The first kappa shape index (κ1) is 32.8. The van der Waals surface area contributed by atoms with Gasteiger partial charge in [-0.15, -0.1) is 0 Å². The molecule has 48 heavy (non-hydrogen) atoms. The summed E-state index contributed by atoms with van der Waals surface area (Å²) in [5, 5.41) is 9.55. The number of alkyl halides is 5. The number of nitrogens with two attached hydrogens (primary N) is 1. The number of aromatic nitrogens is 5. The maximum Gasteiger partial charge on any atom is 0.407 e. The first-order valence-electron chi connectivity index (χ1n) is 14.3. The van der Waals surface area contributed by atoms with E-state index < -0.39 is 67.4 Å². The van der Waals surface area contributed by atoms with E-state index in [1.165, 1.54) is 36.5 Å². The number of nitrogens with zero attached hydrogens (tertiary/aromatic N) is 7. The van der Waals surface area contributed by atoms with Gasteiger partial charge < -0.3 is 15.8 Å². The molecule has 3 N–H and O–H groups in total. The topological polar surface area (TPSA) is 146 Å². The lowest BCUT2D eigenvalue weighted by atomic mass is 10.0. The van der Waals surface area contributed by atoms with E-state index in [4.69, 9.17) is 22.1 Å². The second-order valence-electron chi connectivity index (χ2n) is 10.9. The maximum atomic E-state index is 15.4. The van der Waals surface area contributed by atoms with Gasteiger partial charge in [-0.25, -0.2) is 32.6 Å². The number of hydrogen-bond donors (Lipinski definition) is 2. The molecule has 2 unspecified atom stereocenters. The van der Waals surface area contributed by atoms with Crippen LogP contribution < -0.4 is 11.1 Å². The van der Waals surface area contributed by atoms with Crippen LogP contribution in [0.2, 0.25) is 5.02 Å². The number of alkyl carbamates (subject to hydrolysis) is 1. The zero-order chi connectivity index (χ0) is 34.3. The molecule has 2 aromatic carbocycles. The number of halogens is 7. The van der Waals surface area contributed by atoms with Gasteiger partial charge in [0.1, 0.15) is 25.3 Å². The lowest BCUT2D eigenvalue weighted by molar-refractivity contribution is -0.129. The van der Waals surface area contributed by atoms with E-state index in [0.717, 1.165) is 34.8 Å². The molecule has 1 fully saturated rings. The standard InChI is InChI=1S/C29H24ClF6N9O3/c30-19-6-2-14(8-21(19)45-25(24(32)33)39-13-41-45)22(11-48-28(47)38-12-29(34,35)36)44-26(46)23(42-27(44)37)15-1-5-18(20(31)7-15)16-9-40-43(10-16)17-3-4-17/h1-2,5-10,13,17,22-24H,3-4,11-12H2,(H2,37,42)(H,38,47). The highest BCUT2D eigenvalue weighted by Crippen LogP contribution is 2.38. The molecule has 0 spiro atoms. The third-order valence-electron chi connectivity index (χ3n) is 7.59. The molecule has 3 heterocycles. The van der Waals surface area contributed by atoms with Crippen molar-refractivity contribution in [3.05, 3.63) is 82.9 Å². The fourth-order valence-corrected chi connectivity index (χ4v) is 5.36. The van der Waals surface area contributed by atoms with Crippen molar-refractivity contribution in [3.8, 4) is 16.8 Å². The van der Waals surface area contributed by atoms with E-state index in [1.54, 1.807) is 16.2 Å². The molecule has 4 aromatic rings. The van der Waals surface area contributed by atoms with Crippen molar-refractivity contribution in [1.82, 2.24) is 34.8 Å². The number of ether oxygens (including phenoxy) is 1. The third kappa shape index (κ3) is 6.78. The minimum absolute atomic E-state index is 0.0563. The zero-order valence-electron chi connectivity index (χ0n) is 24.4. The second-order valence-corrected chi connectivity index (χ2v) is 11.3. The van der Waals surface area contributed by atoms with E-state index >= 15 is 4.39 Å². The Hall–Kier alpha value is -5.13. The number of amides is 2. The summed E-state index contributed by atoms with van der Waals surface area (Å²) in [4.78, 5) is 34.7. The predicted octanol–water partition coefficient (Wildman–Crippen LogP) is 5.42. The molecule has 2 amide bonds. The molecule has 0 radical (unpaired) electrons. The van der Waals surface area contributed by atoms with Crippen molar-refractivity contribution in [2.75, 3.05) is 13.2 Å². The lowest BCUT2D eigenvalue weighted by Gasteiger charge is -2.28. The summed E-state index contributed by atoms with van der Waals surface area (Å²) >= 11 is 6.29. The van der Waals surface area contributed by atoms with Gasteiger partial charge in [0.25, 0.3) is 12.3 Å². The monoisotopic (exact) mass is 695 g/mol. The van der Waals surface area contributed by atoms with Gasteiger partial charge in [-0.05, 0) is 42.2 Å². The Morgan fingerprint density at radius 3 is 2.60 bits per heavy atom. The number of carbonyl (C=O) groups excluding carboxylic acids is 2. The van der Waals surface area contributed by atoms with Crippen molar-refractivity contribution in [2.24, 2.45) is 10.7 Å². The molecular formula is C29H24ClF6N9O3. The highest BCUT2D eigenvalue weighted by molar-refractivity contribution is 6.32. The Kier molecular flexibility index (Phi) is 8.76. The van der Waals surface area contributed by atoms with Crippen molar-refractivity contribution in [1.29, 1.82) is 0 Å². The molecule has 0 bridgehead atoms. The summed E-state index contributed by atoms with van der Waals surface area (Å²) in [7, 11) is 0. The number of hydrogen-bond acceptors (Lipinski definition) is 8. The predicted molar refractivity (Wildman–Crippen MR) is 157 cm³/mol. The summed E-state index contributed by atoms with van der Waals surface area (Å²) in [6.45, 7) is -2.46. The smallest absolute Gasteiger partial charge is 0.407 e. The Bertz CT molecular complexity index is 1890. The Balaban J connectivity index is 1.30. The van der Waals surface area contributed by atoms with Crippen LogP contribution in [0.15, 0.2) is 60.1 Å². The largest absolute Gasteiger partial charge is 0.447 e. The van der Waals surface area contributed by atoms with Gasteiger partial charge in [-0.3, -0.25) is 14.4 Å². The van der Waals surface area contributed by atoms with Crippen molar-refractivity contribution < 1.29 is 40.7 Å². The number of aliphatic imine (C=N–C) groups is 1. The van der Waals surface area contributed by atoms with Crippen LogP contribution in [-0.2, 0) is 9.53 Å². The van der Waals surface area contributed by atoms with Crippen LogP contribution in [0.3, 0.4) is 0 Å². The van der Waals surface area contributed by atoms with Crippen molar-refractivity contribution in [2.45, 2.75) is 43.6 Å². The van der Waals surface area contributed by atoms with Gasteiger partial charge in [0.2, 0.25) is 0 Å². The van der Waals surface area contributed by atoms with Gasteiger partial charge in [0.05, 0.1) is 29.0 Å². The Morgan fingerprint density at radius 2 is 1.92 bits per heavy atom. The minimum Gasteiger partial charge on any atom is -0.447 e. The van der Waals surface area contributed by atoms with Crippen molar-refractivity contribution >= 4 is 29.6 Å². The van der Waals surface area contributed by atoms with E-state index in [0.29, 0.717) is 5.56 Å². The molecule has 1 aliphatic carbocycles. The highest BCUT2D eigenvalue weighted by Gasteiger charge is 2.41. The van der Waals surface area contributed by atoms with Gasteiger partial charge in [0, 0.05) is 17.3 Å². The van der Waals surface area contributed by atoms with Crippen LogP contribution in [0, 0.1) is 5.82 Å². The Labute approximate surface area is 272 Å². The van der Waals surface area contributed by atoms with E-state index in [-0.39, 0.29) is 33.4 Å². The lowest BCUT2D eigenvalue weighted by Crippen LogP contribution is -2.43. The summed E-state index contributed by atoms with van der Waals surface area (Å²) in [5.41, 5.74) is 7.07. The molecule has 1 aliphatic heterocycles. The SMILES string of the molecule is NC1=NC(c2ccc(-c3cnn(C4CC4)c3)c(F)c2)C(=O)N1C(COC(=O)NCC(F)(F)F)c1ccc(Cl)c(-n2ncnc2C(F)F)c1. The summed E-state index contributed by atoms with van der Waals surface area (Å²) < 4.78 is 88.1. The molecule has 1 saturated carbocycles. The average Bonchev–Trinajstić information content (AvgIpc) is 3.42. The molecule has 2 aliphatic rings. The summed E-state index contributed by atoms with van der Waals surface area (Å²) in [6, 6.07) is 5.54. The first-order chi connectivity index (χ1) is 22.8. The van der Waals surface area contributed by atoms with Crippen molar-refractivity contribution in [3.63, 3.8) is 0 Å². The van der Waals surface area contributed by atoms with Crippen LogP contribution in [0.4, 0.5) is 31.1 Å². The fourth-order valence-electron chi connectivity index (χ4n) is 5.16. The molecule has 6 rings (SSSR count). The van der Waals surface area contributed by atoms with E-state index in [1.807, 2.05) is 0 Å². The number of nitrogens with one attached hydrogen (secondary N) is 1. The van der Waals surface area contributed by atoms with E-state index in [9.17, 15) is 31.5 Å². The number of rotatable bonds is 10. The second kappa shape index (κ2) is 12.8. The normalized spacial score (nSPS) is 17.2. The van der Waals surface area contributed by atoms with Gasteiger partial charge >= 0.3 is 12.3 Å². The van der Waals surface area contributed by atoms with E-state index in [2.05, 4.69) is 20.2 Å². The molecular weight excluding hydrogens is 672 g/mol. The molecule has 19 heteroatoms. The summed E-state index contributed by atoms with van der Waals surface area (Å²) in [5.74, 6) is -2.60. The van der Waals surface area contributed by atoms with Gasteiger partial charge in [0.15, 0.2) is 17.8 Å². The third-order valence-corrected chi connectivity index (χ3v) is 7.91. The number of benzene rings is 2. The minimum atomic E-state index is -4.73.